The minimum Gasteiger partial charge on any atom is -0.396 e. The van der Waals surface area contributed by atoms with E-state index in [0.29, 0.717) is 6.61 Å². The van der Waals surface area contributed by atoms with Gasteiger partial charge in [0.2, 0.25) is 0 Å². The molecule has 0 aliphatic carbocycles. The SMILES string of the molecule is CCCCCCCCC(CCO)CCCCCC. The van der Waals surface area contributed by atoms with Crippen molar-refractivity contribution in [1.82, 2.24) is 0 Å². The summed E-state index contributed by atoms with van der Waals surface area (Å²) in [5, 5.41) is 9.11. The third-order valence-electron chi connectivity index (χ3n) is 3.97. The Morgan fingerprint density at radius 3 is 1.56 bits per heavy atom. The summed E-state index contributed by atoms with van der Waals surface area (Å²) in [6.45, 7) is 4.92. The smallest absolute Gasteiger partial charge is 0.0433 e. The summed E-state index contributed by atoms with van der Waals surface area (Å²) in [5.74, 6) is 0.790. The lowest BCUT2D eigenvalue weighted by atomic mass is 9.92. The largest absolute Gasteiger partial charge is 0.396 e. The van der Waals surface area contributed by atoms with Gasteiger partial charge in [0.25, 0.3) is 0 Å². The second-order valence-corrected chi connectivity index (χ2v) is 5.78. The molecule has 0 aromatic carbocycles. The van der Waals surface area contributed by atoms with Gasteiger partial charge in [0.15, 0.2) is 0 Å². The molecule has 18 heavy (non-hydrogen) atoms. The zero-order valence-electron chi connectivity index (χ0n) is 12.9. The Morgan fingerprint density at radius 2 is 1.06 bits per heavy atom. The fourth-order valence-corrected chi connectivity index (χ4v) is 2.69. The maximum absolute atomic E-state index is 9.11. The summed E-state index contributed by atoms with van der Waals surface area (Å²) in [6, 6.07) is 0. The molecule has 1 atom stereocenters. The Hall–Kier alpha value is -0.0400. The molecule has 0 aliphatic heterocycles. The van der Waals surface area contributed by atoms with Gasteiger partial charge in [-0.2, -0.15) is 0 Å². The highest BCUT2D eigenvalue weighted by Crippen LogP contribution is 2.21. The summed E-state index contributed by atoms with van der Waals surface area (Å²) in [4.78, 5) is 0. The van der Waals surface area contributed by atoms with Gasteiger partial charge in [-0.15, -0.1) is 0 Å². The molecule has 0 heterocycles. The molecular weight excluding hydrogens is 220 g/mol. The van der Waals surface area contributed by atoms with Crippen LogP contribution in [-0.2, 0) is 0 Å². The minimum absolute atomic E-state index is 0.383. The molecule has 0 spiro atoms. The lowest BCUT2D eigenvalue weighted by molar-refractivity contribution is 0.241. The molecule has 0 saturated heterocycles. The van der Waals surface area contributed by atoms with Gasteiger partial charge in [-0.25, -0.2) is 0 Å². The fourth-order valence-electron chi connectivity index (χ4n) is 2.69. The molecule has 0 bridgehead atoms. The van der Waals surface area contributed by atoms with Crippen molar-refractivity contribution in [2.45, 2.75) is 97.3 Å². The standard InChI is InChI=1S/C17H36O/c1-3-5-7-9-10-12-14-17(15-16-18)13-11-8-6-4-2/h17-18H,3-16H2,1-2H3. The molecule has 0 amide bonds. The summed E-state index contributed by atoms with van der Waals surface area (Å²) >= 11 is 0. The topological polar surface area (TPSA) is 20.2 Å². The lowest BCUT2D eigenvalue weighted by Crippen LogP contribution is -2.03. The van der Waals surface area contributed by atoms with Crippen molar-refractivity contribution in [3.8, 4) is 0 Å². The van der Waals surface area contributed by atoms with E-state index in [1.165, 1.54) is 77.0 Å². The van der Waals surface area contributed by atoms with E-state index in [1.54, 1.807) is 0 Å². The molecule has 0 fully saturated rings. The number of aliphatic hydroxyl groups excluding tert-OH is 1. The van der Waals surface area contributed by atoms with Crippen LogP contribution in [-0.4, -0.2) is 11.7 Å². The molecular formula is C17H36O. The van der Waals surface area contributed by atoms with E-state index in [4.69, 9.17) is 5.11 Å². The molecule has 0 saturated carbocycles. The molecule has 0 aliphatic rings. The van der Waals surface area contributed by atoms with Gasteiger partial charge in [0.05, 0.1) is 0 Å². The van der Waals surface area contributed by atoms with Crippen LogP contribution in [0.2, 0.25) is 0 Å². The first kappa shape index (κ1) is 18.0. The highest BCUT2D eigenvalue weighted by atomic mass is 16.3. The van der Waals surface area contributed by atoms with Crippen LogP contribution in [0.1, 0.15) is 97.3 Å². The van der Waals surface area contributed by atoms with Gasteiger partial charge in [-0.05, 0) is 12.3 Å². The van der Waals surface area contributed by atoms with Gasteiger partial charge in [0, 0.05) is 6.61 Å². The Kier molecular flexibility index (Phi) is 15.0. The van der Waals surface area contributed by atoms with E-state index in [1.807, 2.05) is 0 Å². The number of aliphatic hydroxyl groups is 1. The molecule has 1 N–H and O–H groups in total. The van der Waals surface area contributed by atoms with Crippen molar-refractivity contribution in [1.29, 1.82) is 0 Å². The highest BCUT2D eigenvalue weighted by molar-refractivity contribution is 4.60. The zero-order valence-corrected chi connectivity index (χ0v) is 12.9. The summed E-state index contributed by atoms with van der Waals surface area (Å²) in [6.07, 6.45) is 17.5. The van der Waals surface area contributed by atoms with Crippen LogP contribution in [0.3, 0.4) is 0 Å². The van der Waals surface area contributed by atoms with Crippen LogP contribution in [0.5, 0.6) is 0 Å². The maximum atomic E-state index is 9.11. The van der Waals surface area contributed by atoms with E-state index >= 15 is 0 Å². The second-order valence-electron chi connectivity index (χ2n) is 5.78. The lowest BCUT2D eigenvalue weighted by Gasteiger charge is -2.15. The molecule has 1 heteroatoms. The molecule has 110 valence electrons. The maximum Gasteiger partial charge on any atom is 0.0433 e. The van der Waals surface area contributed by atoms with Crippen molar-refractivity contribution < 1.29 is 5.11 Å². The van der Waals surface area contributed by atoms with Crippen LogP contribution in [0.15, 0.2) is 0 Å². The fraction of sp³-hybridized carbons (Fsp3) is 1.00. The summed E-state index contributed by atoms with van der Waals surface area (Å²) < 4.78 is 0. The minimum atomic E-state index is 0.383. The van der Waals surface area contributed by atoms with Crippen molar-refractivity contribution in [2.24, 2.45) is 5.92 Å². The third-order valence-corrected chi connectivity index (χ3v) is 3.97. The van der Waals surface area contributed by atoms with Gasteiger partial charge in [0.1, 0.15) is 0 Å². The van der Waals surface area contributed by atoms with Crippen molar-refractivity contribution in [2.75, 3.05) is 6.61 Å². The van der Waals surface area contributed by atoms with Crippen molar-refractivity contribution in [3.05, 3.63) is 0 Å². The number of unbranched alkanes of at least 4 members (excludes halogenated alkanes) is 8. The predicted octanol–water partition coefficient (Wildman–Crippen LogP) is 5.71. The van der Waals surface area contributed by atoms with E-state index < -0.39 is 0 Å². The molecule has 0 rings (SSSR count). The Labute approximate surface area is 115 Å². The van der Waals surface area contributed by atoms with E-state index in [-0.39, 0.29) is 0 Å². The van der Waals surface area contributed by atoms with Gasteiger partial charge >= 0.3 is 0 Å². The Bertz CT molecular complexity index is 145. The molecule has 0 aromatic heterocycles. The normalized spacial score (nSPS) is 12.8. The monoisotopic (exact) mass is 256 g/mol. The summed E-state index contributed by atoms with van der Waals surface area (Å²) in [5.41, 5.74) is 0. The molecule has 0 aromatic rings. The number of hydrogen-bond donors (Lipinski definition) is 1. The van der Waals surface area contributed by atoms with Gasteiger partial charge in [-0.3, -0.25) is 0 Å². The van der Waals surface area contributed by atoms with Gasteiger partial charge < -0.3 is 5.11 Å². The van der Waals surface area contributed by atoms with Crippen LogP contribution in [0.25, 0.3) is 0 Å². The average molecular weight is 256 g/mol. The Morgan fingerprint density at radius 1 is 0.611 bits per heavy atom. The molecule has 1 unspecified atom stereocenters. The first-order valence-corrected chi connectivity index (χ1v) is 8.46. The quantitative estimate of drug-likeness (QED) is 0.395. The first-order valence-electron chi connectivity index (χ1n) is 8.46. The van der Waals surface area contributed by atoms with Crippen LogP contribution < -0.4 is 0 Å². The first-order chi connectivity index (χ1) is 8.85. The van der Waals surface area contributed by atoms with E-state index in [9.17, 15) is 0 Å². The van der Waals surface area contributed by atoms with Crippen molar-refractivity contribution in [3.63, 3.8) is 0 Å². The van der Waals surface area contributed by atoms with Crippen LogP contribution >= 0.6 is 0 Å². The number of rotatable bonds is 14. The van der Waals surface area contributed by atoms with Crippen molar-refractivity contribution >= 4 is 0 Å². The summed E-state index contributed by atoms with van der Waals surface area (Å²) in [7, 11) is 0. The third kappa shape index (κ3) is 12.4. The number of hydrogen-bond acceptors (Lipinski definition) is 1. The van der Waals surface area contributed by atoms with E-state index in [2.05, 4.69) is 13.8 Å². The van der Waals surface area contributed by atoms with Crippen LogP contribution in [0, 0.1) is 5.92 Å². The molecule has 0 radical (unpaired) electrons. The second kappa shape index (κ2) is 15.0. The predicted molar refractivity (Wildman–Crippen MR) is 81.9 cm³/mol. The Balaban J connectivity index is 3.44. The average Bonchev–Trinajstić information content (AvgIpc) is 2.38. The zero-order chi connectivity index (χ0) is 13.5. The highest BCUT2D eigenvalue weighted by Gasteiger charge is 2.07. The van der Waals surface area contributed by atoms with Gasteiger partial charge in [-0.1, -0.05) is 90.9 Å². The van der Waals surface area contributed by atoms with Crippen LogP contribution in [0.4, 0.5) is 0 Å². The van der Waals surface area contributed by atoms with E-state index in [0.717, 1.165) is 12.3 Å². The molecule has 1 nitrogen and oxygen atoms in total.